The zero-order valence-electron chi connectivity index (χ0n) is 15.7. The van der Waals surface area contributed by atoms with Gasteiger partial charge in [0.05, 0.1) is 0 Å². The molecule has 0 atom stereocenters. The second-order valence-electron chi connectivity index (χ2n) is 7.17. The van der Waals surface area contributed by atoms with Gasteiger partial charge in [0.25, 0.3) is 0 Å². The van der Waals surface area contributed by atoms with Gasteiger partial charge in [-0.15, -0.1) is 0 Å². The van der Waals surface area contributed by atoms with E-state index >= 15 is 0 Å². The lowest BCUT2D eigenvalue weighted by molar-refractivity contribution is -0.122. The number of Topliss-reactive ketones (excluding diaryl/α,β-unsaturated/α-hetero) is 1. The molecule has 1 N–H and O–H groups in total. The van der Waals surface area contributed by atoms with Crippen LogP contribution in [0.2, 0.25) is 5.02 Å². The lowest BCUT2D eigenvalue weighted by Crippen LogP contribution is -2.44. The van der Waals surface area contributed by atoms with Crippen molar-refractivity contribution in [2.24, 2.45) is 0 Å². The van der Waals surface area contributed by atoms with Gasteiger partial charge in [0.15, 0.2) is 5.78 Å². The number of hydrogen-bond donors (Lipinski definition) is 1. The molecule has 28 heavy (non-hydrogen) atoms. The van der Waals surface area contributed by atoms with Gasteiger partial charge in [0.1, 0.15) is 0 Å². The van der Waals surface area contributed by atoms with Crippen LogP contribution < -0.4 is 5.32 Å². The quantitative estimate of drug-likeness (QED) is 0.597. The lowest BCUT2D eigenvalue weighted by atomic mass is 10.0. The molecule has 2 aromatic carbocycles. The van der Waals surface area contributed by atoms with E-state index in [2.05, 4.69) is 38.3 Å². The highest BCUT2D eigenvalue weighted by Gasteiger charge is 2.21. The second kappa shape index (κ2) is 10.2. The van der Waals surface area contributed by atoms with Gasteiger partial charge in [-0.2, -0.15) is 0 Å². The van der Waals surface area contributed by atoms with E-state index in [9.17, 15) is 9.59 Å². The molecular formula is C22H24BrClN2O2. The van der Waals surface area contributed by atoms with E-state index in [1.54, 1.807) is 12.1 Å². The summed E-state index contributed by atoms with van der Waals surface area (Å²) in [7, 11) is 0. The average molecular weight is 464 g/mol. The van der Waals surface area contributed by atoms with E-state index < -0.39 is 0 Å². The highest BCUT2D eigenvalue weighted by Crippen LogP contribution is 2.16. The van der Waals surface area contributed by atoms with Gasteiger partial charge in [0, 0.05) is 53.6 Å². The minimum atomic E-state index is -0.0402. The van der Waals surface area contributed by atoms with E-state index in [1.807, 2.05) is 24.3 Å². The Hall–Kier alpha value is -1.69. The van der Waals surface area contributed by atoms with Crippen LogP contribution in [0.25, 0.3) is 0 Å². The molecule has 6 heteroatoms. The van der Waals surface area contributed by atoms with Crippen LogP contribution in [0.4, 0.5) is 0 Å². The molecule has 148 valence electrons. The van der Waals surface area contributed by atoms with E-state index in [4.69, 9.17) is 11.6 Å². The summed E-state index contributed by atoms with van der Waals surface area (Å²) < 4.78 is 0.934. The fourth-order valence-corrected chi connectivity index (χ4v) is 3.78. The summed E-state index contributed by atoms with van der Waals surface area (Å²) in [4.78, 5) is 26.8. The largest absolute Gasteiger partial charge is 0.353 e. The van der Waals surface area contributed by atoms with Gasteiger partial charge in [-0.3, -0.25) is 14.5 Å². The molecule has 4 nitrogen and oxygen atoms in total. The molecular weight excluding hydrogens is 440 g/mol. The third kappa shape index (κ3) is 6.43. The first-order chi connectivity index (χ1) is 13.5. The number of benzene rings is 2. The number of nitrogens with one attached hydrogen (secondary N) is 1. The van der Waals surface area contributed by atoms with Crippen LogP contribution in [0.3, 0.4) is 0 Å². The summed E-state index contributed by atoms with van der Waals surface area (Å²) in [5.74, 6) is -0.0398. The first kappa shape index (κ1) is 21.0. The Balaban J connectivity index is 1.37. The first-order valence-electron chi connectivity index (χ1n) is 9.54. The van der Waals surface area contributed by atoms with Crippen LogP contribution in [0, 0.1) is 0 Å². The zero-order valence-corrected chi connectivity index (χ0v) is 18.0. The molecule has 1 amide bonds. The summed E-state index contributed by atoms with van der Waals surface area (Å²) in [6.07, 6.45) is 2.34. The first-order valence-corrected chi connectivity index (χ1v) is 10.7. The predicted molar refractivity (Wildman–Crippen MR) is 116 cm³/mol. The Morgan fingerprint density at radius 3 is 2.29 bits per heavy atom. The Morgan fingerprint density at radius 1 is 1.00 bits per heavy atom. The summed E-state index contributed by atoms with van der Waals surface area (Å²) in [6.45, 7) is 2.80. The highest BCUT2D eigenvalue weighted by molar-refractivity contribution is 9.10. The predicted octanol–water partition coefficient (Wildman–Crippen LogP) is 4.85. The molecule has 1 aliphatic rings. The van der Waals surface area contributed by atoms with Crippen LogP contribution in [0.15, 0.2) is 53.0 Å². The number of nitrogens with zero attached hydrogens (tertiary/aromatic N) is 1. The molecule has 1 heterocycles. The van der Waals surface area contributed by atoms with Crippen molar-refractivity contribution in [1.82, 2.24) is 10.2 Å². The number of carbonyl (C=O) groups is 2. The fourth-order valence-electron chi connectivity index (χ4n) is 3.39. The van der Waals surface area contributed by atoms with E-state index in [0.29, 0.717) is 5.56 Å². The summed E-state index contributed by atoms with van der Waals surface area (Å²) in [5, 5.41) is 3.84. The van der Waals surface area contributed by atoms with Gasteiger partial charge >= 0.3 is 0 Å². The van der Waals surface area contributed by atoms with Crippen LogP contribution in [-0.4, -0.2) is 35.7 Å². The second-order valence-corrected chi connectivity index (χ2v) is 8.53. The van der Waals surface area contributed by atoms with E-state index in [0.717, 1.165) is 42.0 Å². The molecule has 0 aromatic heterocycles. The molecule has 3 rings (SSSR count). The molecule has 0 aliphatic carbocycles. The number of amides is 1. The average Bonchev–Trinajstić information content (AvgIpc) is 2.70. The Kier molecular flexibility index (Phi) is 7.65. The number of halogens is 2. The van der Waals surface area contributed by atoms with E-state index in [1.165, 1.54) is 5.56 Å². The molecule has 2 aromatic rings. The van der Waals surface area contributed by atoms with Crippen molar-refractivity contribution in [2.45, 2.75) is 38.3 Å². The lowest BCUT2D eigenvalue weighted by Gasteiger charge is -2.32. The topological polar surface area (TPSA) is 49.4 Å². The normalized spacial score (nSPS) is 15.4. The highest BCUT2D eigenvalue weighted by atomic mass is 79.9. The fraction of sp³-hybridized carbons (Fsp3) is 0.364. The maximum absolute atomic E-state index is 12.2. The standard InChI is InChI=1S/C22H24BrClN2O2/c23-18-5-3-17(4-6-18)21(27)9-10-22(28)25-20-11-13-26(14-12-20)15-16-1-7-19(24)8-2-16/h1-8,20H,9-15H2,(H,25,28). The van der Waals surface area contributed by atoms with Crippen molar-refractivity contribution in [1.29, 1.82) is 0 Å². The summed E-state index contributed by atoms with van der Waals surface area (Å²) in [5.41, 5.74) is 1.89. The van der Waals surface area contributed by atoms with Crippen molar-refractivity contribution in [2.75, 3.05) is 13.1 Å². The monoisotopic (exact) mass is 462 g/mol. The Labute approximate surface area is 179 Å². The van der Waals surface area contributed by atoms with Crippen molar-refractivity contribution in [3.8, 4) is 0 Å². The molecule has 0 bridgehead atoms. The molecule has 0 spiro atoms. The third-order valence-electron chi connectivity index (χ3n) is 5.02. The molecule has 0 saturated carbocycles. The van der Waals surface area contributed by atoms with E-state index in [-0.39, 0.29) is 30.6 Å². The van der Waals surface area contributed by atoms with Gasteiger partial charge in [-0.05, 0) is 42.7 Å². The molecule has 1 fully saturated rings. The number of carbonyl (C=O) groups excluding carboxylic acids is 2. The van der Waals surface area contributed by atoms with Crippen molar-refractivity contribution in [3.63, 3.8) is 0 Å². The summed E-state index contributed by atoms with van der Waals surface area (Å²) >= 11 is 9.28. The zero-order chi connectivity index (χ0) is 19.9. The minimum Gasteiger partial charge on any atom is -0.353 e. The van der Waals surface area contributed by atoms with Gasteiger partial charge < -0.3 is 5.32 Å². The Morgan fingerprint density at radius 2 is 1.64 bits per heavy atom. The number of rotatable bonds is 7. The number of hydrogen-bond acceptors (Lipinski definition) is 3. The number of likely N-dealkylation sites (tertiary alicyclic amines) is 1. The molecule has 1 aliphatic heterocycles. The SMILES string of the molecule is O=C(CCC(=O)c1ccc(Br)cc1)NC1CCN(Cc2ccc(Cl)cc2)CC1. The smallest absolute Gasteiger partial charge is 0.220 e. The van der Waals surface area contributed by atoms with Crippen LogP contribution in [-0.2, 0) is 11.3 Å². The maximum atomic E-state index is 12.2. The van der Waals surface area contributed by atoms with Crippen molar-refractivity contribution in [3.05, 3.63) is 69.2 Å². The van der Waals surface area contributed by atoms with Crippen LogP contribution >= 0.6 is 27.5 Å². The van der Waals surface area contributed by atoms with Gasteiger partial charge in [-0.25, -0.2) is 0 Å². The van der Waals surface area contributed by atoms with Crippen LogP contribution in [0.1, 0.15) is 41.6 Å². The number of piperidine rings is 1. The van der Waals surface area contributed by atoms with Gasteiger partial charge in [-0.1, -0.05) is 51.8 Å². The molecule has 1 saturated heterocycles. The van der Waals surface area contributed by atoms with Crippen LogP contribution in [0.5, 0.6) is 0 Å². The molecule has 0 radical (unpaired) electrons. The Bertz CT molecular complexity index is 800. The van der Waals surface area contributed by atoms with Gasteiger partial charge in [0.2, 0.25) is 5.91 Å². The minimum absolute atomic E-state index is 0.000402. The molecule has 0 unspecified atom stereocenters. The van der Waals surface area contributed by atoms with Crippen molar-refractivity contribution < 1.29 is 9.59 Å². The van der Waals surface area contributed by atoms with Crippen molar-refractivity contribution >= 4 is 39.2 Å². The maximum Gasteiger partial charge on any atom is 0.220 e. The summed E-state index contributed by atoms with van der Waals surface area (Å²) in [6, 6.07) is 15.4. The number of ketones is 1. The third-order valence-corrected chi connectivity index (χ3v) is 5.80.